The number of carbonyl (C=O) groups excluding carboxylic acids is 6. The van der Waals surface area contributed by atoms with Gasteiger partial charge in [0, 0.05) is 17.3 Å². The second-order valence-electron chi connectivity index (χ2n) is 4.85. The summed E-state index contributed by atoms with van der Waals surface area (Å²) in [4.78, 5) is 59.4. The minimum Gasteiger partial charge on any atom is -0.334 e. The molecule has 0 amide bonds. The fourth-order valence-corrected chi connectivity index (χ4v) is 0.799. The van der Waals surface area contributed by atoms with Gasteiger partial charge in [-0.3, -0.25) is 19.3 Å². The Morgan fingerprint density at radius 3 is 0.613 bits per heavy atom. The number of alkyl halides is 9. The van der Waals surface area contributed by atoms with Crippen LogP contribution in [0.4, 0.5) is 39.5 Å². The van der Waals surface area contributed by atoms with E-state index in [1.807, 2.05) is 0 Å². The van der Waals surface area contributed by atoms with E-state index in [1.54, 1.807) is 0 Å². The number of carbonyl (C=O) groups is 6. The van der Waals surface area contributed by atoms with E-state index in [-0.39, 0.29) is 60.1 Å². The first-order valence-corrected chi connectivity index (χ1v) is 6.91. The van der Waals surface area contributed by atoms with Gasteiger partial charge in [-0.2, -0.15) is 39.5 Å². The van der Waals surface area contributed by atoms with Gasteiger partial charge in [-0.1, -0.05) is 0 Å². The Balaban J connectivity index is -0.000000174. The second kappa shape index (κ2) is 15.2. The van der Waals surface area contributed by atoms with Gasteiger partial charge in [0.2, 0.25) is 0 Å². The van der Waals surface area contributed by atoms with E-state index in [2.05, 4.69) is 0 Å². The molecule has 0 saturated carbocycles. The molecule has 0 unspecified atom stereocenters. The number of hydrogen-bond donors (Lipinski definition) is 0. The molecule has 0 rings (SSSR count). The van der Waals surface area contributed by atoms with E-state index in [0.29, 0.717) is 0 Å². The van der Waals surface area contributed by atoms with Gasteiger partial charge >= 0.3 is 59.4 Å². The fourth-order valence-electron chi connectivity index (χ4n) is 0.799. The van der Waals surface area contributed by atoms with E-state index < -0.39 is 53.2 Å². The molecule has 31 heavy (non-hydrogen) atoms. The smallest absolute Gasteiger partial charge is 0.334 e. The van der Waals surface area contributed by atoms with Crippen LogP contribution in [-0.4, -0.2) is 53.2 Å². The molecule has 175 valence electrons. The van der Waals surface area contributed by atoms with Crippen LogP contribution in [0.15, 0.2) is 0 Å². The van der Waals surface area contributed by atoms with Crippen molar-refractivity contribution < 1.29 is 109 Å². The molecular formula is C15H12F9NdO6. The molecule has 1 radical (unpaired) electrons. The summed E-state index contributed by atoms with van der Waals surface area (Å²) in [6.07, 6.45) is -14.7. The largest absolute Gasteiger partial charge is 3.00 e. The zero-order valence-corrected chi connectivity index (χ0v) is 18.8. The van der Waals surface area contributed by atoms with Gasteiger partial charge in [0.25, 0.3) is 0 Å². The van der Waals surface area contributed by atoms with Crippen LogP contribution in [0.3, 0.4) is 0 Å². The average molecular weight is 603 g/mol. The summed E-state index contributed by atoms with van der Waals surface area (Å²) >= 11 is 0. The van der Waals surface area contributed by atoms with Crippen LogP contribution in [-0.2, 0) is 28.8 Å². The summed E-state index contributed by atoms with van der Waals surface area (Å²) in [6, 6.07) is 0. The van der Waals surface area contributed by atoms with Gasteiger partial charge in [-0.25, -0.2) is 0 Å². The molecule has 0 bridgehead atoms. The van der Waals surface area contributed by atoms with Crippen LogP contribution in [0.5, 0.6) is 0 Å². The summed E-state index contributed by atoms with van der Waals surface area (Å²) < 4.78 is 101. The number of Topliss-reactive ketones (excluding diaryl/α,β-unsaturated/α-hetero) is 6. The molecule has 0 aromatic carbocycles. The predicted molar refractivity (Wildman–Crippen MR) is 78.1 cm³/mol. The molecule has 0 N–H and O–H groups in total. The Morgan fingerprint density at radius 1 is 0.452 bits per heavy atom. The number of halogens is 9. The quantitative estimate of drug-likeness (QED) is 0.263. The Kier molecular flexibility index (Phi) is 18.0. The minimum atomic E-state index is -4.92. The number of ketones is 6. The fraction of sp³-hybridized carbons (Fsp3) is 0.400. The summed E-state index contributed by atoms with van der Waals surface area (Å²) in [5, 5.41) is 0. The van der Waals surface area contributed by atoms with Gasteiger partial charge in [0.15, 0.2) is 0 Å². The first kappa shape index (κ1) is 36.7. The molecule has 6 nitrogen and oxygen atoms in total. The Bertz CT molecular complexity index is 573. The molecule has 0 heterocycles. The van der Waals surface area contributed by atoms with Crippen LogP contribution in [0, 0.1) is 60.1 Å². The zero-order valence-electron chi connectivity index (χ0n) is 15.6. The van der Waals surface area contributed by atoms with Crippen molar-refractivity contribution in [1.29, 1.82) is 0 Å². The maximum absolute atomic E-state index is 11.3. The first-order valence-electron chi connectivity index (χ1n) is 6.91. The summed E-state index contributed by atoms with van der Waals surface area (Å²) in [6.45, 7) is 2.64. The third-order valence-corrected chi connectivity index (χ3v) is 1.84. The molecule has 0 spiro atoms. The van der Waals surface area contributed by atoms with Gasteiger partial charge in [-0.15, -0.1) is 0 Å². The molecular weight excluding hydrogens is 591 g/mol. The predicted octanol–water partition coefficient (Wildman–Crippen LogP) is 2.73. The molecule has 0 saturated heterocycles. The third-order valence-electron chi connectivity index (χ3n) is 1.84. The van der Waals surface area contributed by atoms with Crippen molar-refractivity contribution in [2.45, 2.75) is 39.3 Å². The van der Waals surface area contributed by atoms with Crippen molar-refractivity contribution in [2.75, 3.05) is 0 Å². The maximum atomic E-state index is 11.3. The molecule has 0 aliphatic rings. The van der Waals surface area contributed by atoms with Crippen molar-refractivity contribution in [2.24, 2.45) is 0 Å². The molecule has 0 aromatic heterocycles. The SMILES string of the molecule is CC(=O)[CH-]C(=O)C(F)(F)F.CC(=O)[CH-]C(=O)C(F)(F)F.CC(=O)[CH-]C(=O)C(F)(F)F.[Nd+3]. The van der Waals surface area contributed by atoms with E-state index in [9.17, 15) is 68.3 Å². The average Bonchev–Trinajstić information content (AvgIpc) is 2.43. The Morgan fingerprint density at radius 2 is 0.581 bits per heavy atom. The molecule has 0 fully saturated rings. The normalized spacial score (nSPS) is 10.5. The maximum Gasteiger partial charge on any atom is 3.00 e. The second-order valence-corrected chi connectivity index (χ2v) is 4.85. The standard InChI is InChI=1S/3C5H4F3O2.Nd/c3*1-3(9)2-4(10)5(6,7)8;/h3*2H,1H3;/q3*-1;+3. The van der Waals surface area contributed by atoms with Crippen molar-refractivity contribution in [3.05, 3.63) is 19.3 Å². The van der Waals surface area contributed by atoms with E-state index in [4.69, 9.17) is 0 Å². The van der Waals surface area contributed by atoms with Crippen LogP contribution < -0.4 is 0 Å². The minimum absolute atomic E-state index is 0. The van der Waals surface area contributed by atoms with Gasteiger partial charge in [0.1, 0.15) is 17.3 Å². The third kappa shape index (κ3) is 24.5. The Labute approximate surface area is 201 Å². The number of hydrogen-bond acceptors (Lipinski definition) is 6. The molecule has 0 aromatic rings. The molecule has 16 heteroatoms. The molecule has 0 aliphatic heterocycles. The van der Waals surface area contributed by atoms with Gasteiger partial charge in [0.05, 0.1) is 0 Å². The van der Waals surface area contributed by atoms with Crippen LogP contribution in [0.25, 0.3) is 0 Å². The van der Waals surface area contributed by atoms with E-state index in [1.165, 1.54) is 0 Å². The summed E-state index contributed by atoms with van der Waals surface area (Å²) in [7, 11) is 0. The molecule has 0 aliphatic carbocycles. The van der Waals surface area contributed by atoms with Crippen molar-refractivity contribution in [3.8, 4) is 0 Å². The summed E-state index contributed by atoms with van der Waals surface area (Å²) in [5.74, 6) is -9.04. The monoisotopic (exact) mass is 601 g/mol. The number of rotatable bonds is 6. The van der Waals surface area contributed by atoms with Crippen molar-refractivity contribution >= 4 is 34.7 Å². The van der Waals surface area contributed by atoms with Gasteiger partial charge in [-0.05, 0) is 20.8 Å². The van der Waals surface area contributed by atoms with Crippen molar-refractivity contribution in [3.63, 3.8) is 0 Å². The topological polar surface area (TPSA) is 102 Å². The van der Waals surface area contributed by atoms with Crippen LogP contribution >= 0.6 is 0 Å². The molecule has 0 atom stereocenters. The van der Waals surface area contributed by atoms with E-state index in [0.717, 1.165) is 20.8 Å². The Hall–Kier alpha value is -1.65. The van der Waals surface area contributed by atoms with Gasteiger partial charge < -0.3 is 28.8 Å². The summed E-state index contributed by atoms with van der Waals surface area (Å²) in [5.41, 5.74) is 0. The van der Waals surface area contributed by atoms with Crippen LogP contribution in [0.2, 0.25) is 0 Å². The van der Waals surface area contributed by atoms with E-state index >= 15 is 0 Å². The zero-order chi connectivity index (χ0) is 25.1. The van der Waals surface area contributed by atoms with Crippen LogP contribution in [0.1, 0.15) is 20.8 Å². The van der Waals surface area contributed by atoms with Crippen molar-refractivity contribution in [1.82, 2.24) is 0 Å². The first-order chi connectivity index (χ1) is 13.0.